The molecule has 1 atom stereocenters. The number of amides is 1. The Hall–Kier alpha value is -2.66. The number of piperazine rings is 1. The summed E-state index contributed by atoms with van der Waals surface area (Å²) in [4.78, 5) is 27.1. The van der Waals surface area contributed by atoms with Crippen molar-refractivity contribution in [3.05, 3.63) is 33.9 Å². The van der Waals surface area contributed by atoms with Gasteiger partial charge in [-0.2, -0.15) is 5.26 Å². The molecule has 1 aromatic carbocycles. The number of nitrogens with zero attached hydrogens (tertiary/aromatic N) is 4. The predicted molar refractivity (Wildman–Crippen MR) is 94.4 cm³/mol. The average molecular weight is 345 g/mol. The number of nitrogens with one attached hydrogen (secondary N) is 1. The second-order valence-electron chi connectivity index (χ2n) is 6.38. The maximum Gasteiger partial charge on any atom is 0.270 e. The maximum atomic E-state index is 12.8. The van der Waals surface area contributed by atoms with Gasteiger partial charge >= 0.3 is 0 Å². The van der Waals surface area contributed by atoms with Crippen molar-refractivity contribution < 1.29 is 9.72 Å². The third-order valence-corrected chi connectivity index (χ3v) is 4.47. The Balaban J connectivity index is 2.14. The van der Waals surface area contributed by atoms with Crippen LogP contribution < -0.4 is 5.32 Å². The molecule has 0 spiro atoms. The molecule has 1 amide bonds. The number of hydrogen-bond donors (Lipinski definition) is 1. The molecule has 1 saturated heterocycles. The molecule has 8 nitrogen and oxygen atoms in total. The van der Waals surface area contributed by atoms with E-state index in [2.05, 4.69) is 16.3 Å². The fourth-order valence-corrected chi connectivity index (χ4v) is 3.07. The van der Waals surface area contributed by atoms with E-state index in [-0.39, 0.29) is 23.6 Å². The monoisotopic (exact) mass is 345 g/mol. The lowest BCUT2D eigenvalue weighted by atomic mass is 10.0. The van der Waals surface area contributed by atoms with Crippen LogP contribution in [0, 0.1) is 27.4 Å². The SMILES string of the molecule is CNc1ccc([N+](=O)[O-])cc1C(=O)N1CCN([C@H](C#N)C(C)C)CC1. The molecule has 0 aliphatic carbocycles. The van der Waals surface area contributed by atoms with Crippen molar-refractivity contribution in [2.24, 2.45) is 5.92 Å². The first kappa shape index (κ1) is 18.7. The fraction of sp³-hybridized carbons (Fsp3) is 0.529. The third kappa shape index (κ3) is 4.06. The Morgan fingerprint density at radius 2 is 1.96 bits per heavy atom. The molecule has 1 fully saturated rings. The molecule has 1 aromatic rings. The van der Waals surface area contributed by atoms with Crippen LogP contribution in [0.1, 0.15) is 24.2 Å². The summed E-state index contributed by atoms with van der Waals surface area (Å²) in [5, 5.41) is 23.2. The van der Waals surface area contributed by atoms with Crippen molar-refractivity contribution in [3.8, 4) is 6.07 Å². The summed E-state index contributed by atoms with van der Waals surface area (Å²) in [7, 11) is 1.68. The minimum atomic E-state index is -0.506. The van der Waals surface area contributed by atoms with Crippen LogP contribution in [-0.4, -0.2) is 59.9 Å². The highest BCUT2D eigenvalue weighted by atomic mass is 16.6. The minimum Gasteiger partial charge on any atom is -0.387 e. The molecular weight excluding hydrogens is 322 g/mol. The zero-order valence-electron chi connectivity index (χ0n) is 14.7. The Labute approximate surface area is 147 Å². The lowest BCUT2D eigenvalue weighted by Gasteiger charge is -2.38. The predicted octanol–water partition coefficient (Wildman–Crippen LogP) is 1.94. The van der Waals surface area contributed by atoms with Crippen LogP contribution >= 0.6 is 0 Å². The van der Waals surface area contributed by atoms with Crippen LogP contribution in [0.25, 0.3) is 0 Å². The summed E-state index contributed by atoms with van der Waals surface area (Å²) in [5.74, 6) is -0.00864. The molecule has 0 bridgehead atoms. The molecule has 0 saturated carbocycles. The number of nitriles is 1. The van der Waals surface area contributed by atoms with Crippen molar-refractivity contribution in [1.82, 2.24) is 9.80 Å². The first-order valence-corrected chi connectivity index (χ1v) is 8.28. The van der Waals surface area contributed by atoms with Gasteiger partial charge in [0, 0.05) is 51.0 Å². The summed E-state index contributed by atoms with van der Waals surface area (Å²) in [6, 6.07) is 6.39. The number of hydrogen-bond acceptors (Lipinski definition) is 6. The highest BCUT2D eigenvalue weighted by Crippen LogP contribution is 2.24. The van der Waals surface area contributed by atoms with Crippen molar-refractivity contribution in [2.75, 3.05) is 38.5 Å². The lowest BCUT2D eigenvalue weighted by molar-refractivity contribution is -0.384. The van der Waals surface area contributed by atoms with Crippen molar-refractivity contribution >= 4 is 17.3 Å². The number of anilines is 1. The summed E-state index contributed by atoms with van der Waals surface area (Å²) in [6.07, 6.45) is 0. The van der Waals surface area contributed by atoms with Gasteiger partial charge in [0.25, 0.3) is 11.6 Å². The van der Waals surface area contributed by atoms with Gasteiger partial charge in [-0.05, 0) is 12.0 Å². The molecule has 1 heterocycles. The van der Waals surface area contributed by atoms with E-state index in [1.165, 1.54) is 12.1 Å². The van der Waals surface area contributed by atoms with Crippen molar-refractivity contribution in [1.29, 1.82) is 5.26 Å². The van der Waals surface area contributed by atoms with Gasteiger partial charge in [-0.15, -0.1) is 0 Å². The molecule has 1 aliphatic heterocycles. The molecule has 1 N–H and O–H groups in total. The lowest BCUT2D eigenvalue weighted by Crippen LogP contribution is -2.52. The molecular formula is C17H23N5O3. The van der Waals surface area contributed by atoms with Crippen LogP contribution in [0.4, 0.5) is 11.4 Å². The Bertz CT molecular complexity index is 690. The van der Waals surface area contributed by atoms with E-state index in [4.69, 9.17) is 0 Å². The molecule has 134 valence electrons. The minimum absolute atomic E-state index is 0.106. The summed E-state index contributed by atoms with van der Waals surface area (Å²) in [6.45, 7) is 6.24. The molecule has 25 heavy (non-hydrogen) atoms. The summed E-state index contributed by atoms with van der Waals surface area (Å²) in [5.41, 5.74) is 0.756. The Kier molecular flexibility index (Phi) is 5.93. The van der Waals surface area contributed by atoms with Gasteiger partial charge in [0.15, 0.2) is 0 Å². The van der Waals surface area contributed by atoms with Crippen LogP contribution in [0.3, 0.4) is 0 Å². The van der Waals surface area contributed by atoms with E-state index in [9.17, 15) is 20.2 Å². The highest BCUT2D eigenvalue weighted by molar-refractivity contribution is 6.00. The zero-order valence-corrected chi connectivity index (χ0v) is 14.7. The van der Waals surface area contributed by atoms with Gasteiger partial charge in [0.05, 0.1) is 16.6 Å². The number of carbonyl (C=O) groups excluding carboxylic acids is 1. The Morgan fingerprint density at radius 1 is 1.32 bits per heavy atom. The number of nitro benzene ring substituents is 1. The van der Waals surface area contributed by atoms with Gasteiger partial charge < -0.3 is 10.2 Å². The molecule has 0 unspecified atom stereocenters. The first-order valence-electron chi connectivity index (χ1n) is 8.28. The fourth-order valence-electron chi connectivity index (χ4n) is 3.07. The van der Waals surface area contributed by atoms with E-state index in [0.29, 0.717) is 37.4 Å². The number of nitro groups is 1. The molecule has 2 rings (SSSR count). The van der Waals surface area contributed by atoms with Crippen LogP contribution in [0.2, 0.25) is 0 Å². The van der Waals surface area contributed by atoms with E-state index in [1.54, 1.807) is 18.0 Å². The smallest absolute Gasteiger partial charge is 0.270 e. The standard InChI is InChI=1S/C17H23N5O3/c1-12(2)16(11-18)20-6-8-21(9-7-20)17(23)14-10-13(22(24)25)4-5-15(14)19-3/h4-5,10,12,16,19H,6-9H2,1-3H3/t16-/m1/s1. The third-order valence-electron chi connectivity index (χ3n) is 4.47. The van der Waals surface area contributed by atoms with E-state index in [0.717, 1.165) is 0 Å². The van der Waals surface area contributed by atoms with Crippen LogP contribution in [0.5, 0.6) is 0 Å². The molecule has 8 heteroatoms. The summed E-state index contributed by atoms with van der Waals surface area (Å²) >= 11 is 0. The number of non-ortho nitro benzene ring substituents is 1. The Morgan fingerprint density at radius 3 is 2.44 bits per heavy atom. The number of rotatable bonds is 5. The first-order chi connectivity index (χ1) is 11.9. The zero-order chi connectivity index (χ0) is 18.6. The van der Waals surface area contributed by atoms with Gasteiger partial charge in [0.1, 0.15) is 6.04 Å². The van der Waals surface area contributed by atoms with Gasteiger partial charge in [-0.1, -0.05) is 13.8 Å². The topological polar surface area (TPSA) is 103 Å². The second kappa shape index (κ2) is 7.94. The number of carbonyl (C=O) groups is 1. The molecule has 0 radical (unpaired) electrons. The number of benzene rings is 1. The molecule has 1 aliphatic rings. The quantitative estimate of drug-likeness (QED) is 0.646. The van der Waals surface area contributed by atoms with Crippen LogP contribution in [-0.2, 0) is 0 Å². The van der Waals surface area contributed by atoms with Gasteiger partial charge in [-0.25, -0.2) is 0 Å². The van der Waals surface area contributed by atoms with Gasteiger partial charge in [-0.3, -0.25) is 19.8 Å². The average Bonchev–Trinajstić information content (AvgIpc) is 2.61. The summed E-state index contributed by atoms with van der Waals surface area (Å²) < 4.78 is 0. The van der Waals surface area contributed by atoms with Gasteiger partial charge in [0.2, 0.25) is 0 Å². The normalized spacial score (nSPS) is 16.4. The van der Waals surface area contributed by atoms with Crippen LogP contribution in [0.15, 0.2) is 18.2 Å². The second-order valence-corrected chi connectivity index (χ2v) is 6.38. The van der Waals surface area contributed by atoms with E-state index < -0.39 is 4.92 Å². The highest BCUT2D eigenvalue weighted by Gasteiger charge is 2.29. The van der Waals surface area contributed by atoms with Crippen molar-refractivity contribution in [3.63, 3.8) is 0 Å². The van der Waals surface area contributed by atoms with E-state index in [1.807, 2.05) is 13.8 Å². The largest absolute Gasteiger partial charge is 0.387 e. The maximum absolute atomic E-state index is 12.8. The molecule has 0 aromatic heterocycles. The van der Waals surface area contributed by atoms with E-state index >= 15 is 0 Å². The van der Waals surface area contributed by atoms with Crippen molar-refractivity contribution in [2.45, 2.75) is 19.9 Å².